The number of aromatic nitrogens is 3. The Bertz CT molecular complexity index is 1590. The lowest BCUT2D eigenvalue weighted by Gasteiger charge is -2.22. The largest absolute Gasteiger partial charge is 0.326 e. The molecule has 3 aromatic heterocycles. The molecule has 0 bridgehead atoms. The monoisotopic (exact) mass is 468 g/mol. The Morgan fingerprint density at radius 1 is 0.971 bits per heavy atom. The summed E-state index contributed by atoms with van der Waals surface area (Å²) in [5.41, 5.74) is 4.40. The van der Waals surface area contributed by atoms with Crippen LogP contribution in [0.5, 0.6) is 0 Å². The van der Waals surface area contributed by atoms with Crippen LogP contribution in [0.1, 0.15) is 37.9 Å². The van der Waals surface area contributed by atoms with Gasteiger partial charge in [0, 0.05) is 17.6 Å². The summed E-state index contributed by atoms with van der Waals surface area (Å²) in [6.07, 6.45) is 0. The van der Waals surface area contributed by atoms with Crippen molar-refractivity contribution in [3.8, 4) is 0 Å². The number of amides is 1. The van der Waals surface area contributed by atoms with Gasteiger partial charge in [-0.2, -0.15) is 0 Å². The number of carbonyl (C=O) groups is 1. The first kappa shape index (κ1) is 22.0. The average molecular weight is 469 g/mol. The fourth-order valence-electron chi connectivity index (χ4n) is 4.36. The number of nitrogens with zero attached hydrogens (tertiary/aromatic N) is 3. The molecule has 5 aromatic rings. The van der Waals surface area contributed by atoms with Crippen molar-refractivity contribution in [1.82, 2.24) is 19.9 Å². The standard InChI is InChI=1S/C27H24N4O2S/c1-16-13-17(2)28-26-23(16)18(3)24(34-26)27(33)31(14-19-9-5-4-6-10-19)15-22-29-21-12-8-7-11-20(21)25(32)30-22/h4-13H,14-15H2,1-3H3,(H,29,30,32). The Morgan fingerprint density at radius 3 is 2.50 bits per heavy atom. The molecule has 0 spiro atoms. The number of rotatable bonds is 5. The zero-order valence-electron chi connectivity index (χ0n) is 19.3. The van der Waals surface area contributed by atoms with Crippen molar-refractivity contribution in [2.45, 2.75) is 33.9 Å². The van der Waals surface area contributed by atoms with Gasteiger partial charge in [-0.1, -0.05) is 42.5 Å². The van der Waals surface area contributed by atoms with Crippen LogP contribution < -0.4 is 5.56 Å². The second-order valence-electron chi connectivity index (χ2n) is 8.49. The molecular weight excluding hydrogens is 444 g/mol. The number of benzene rings is 2. The van der Waals surface area contributed by atoms with Crippen LogP contribution in [0.4, 0.5) is 0 Å². The summed E-state index contributed by atoms with van der Waals surface area (Å²) in [5, 5.41) is 1.57. The number of thiophene rings is 1. The molecule has 0 aliphatic rings. The Morgan fingerprint density at radius 2 is 1.71 bits per heavy atom. The fraction of sp³-hybridized carbons (Fsp3) is 0.185. The maximum atomic E-state index is 13.9. The third kappa shape index (κ3) is 4.10. The summed E-state index contributed by atoms with van der Waals surface area (Å²) in [4.78, 5) is 41.9. The van der Waals surface area contributed by atoms with Crippen LogP contribution in [0.15, 0.2) is 65.5 Å². The lowest BCUT2D eigenvalue weighted by Crippen LogP contribution is -2.31. The summed E-state index contributed by atoms with van der Waals surface area (Å²) in [7, 11) is 0. The fourth-order valence-corrected chi connectivity index (χ4v) is 5.63. The van der Waals surface area contributed by atoms with Crippen molar-refractivity contribution in [2.24, 2.45) is 0 Å². The van der Waals surface area contributed by atoms with Gasteiger partial charge in [0.25, 0.3) is 11.5 Å². The predicted molar refractivity (Wildman–Crippen MR) is 136 cm³/mol. The van der Waals surface area contributed by atoms with Gasteiger partial charge in [-0.3, -0.25) is 9.59 Å². The van der Waals surface area contributed by atoms with Crippen molar-refractivity contribution in [1.29, 1.82) is 0 Å². The van der Waals surface area contributed by atoms with E-state index in [0.29, 0.717) is 28.1 Å². The van der Waals surface area contributed by atoms with Gasteiger partial charge in [0.2, 0.25) is 0 Å². The van der Waals surface area contributed by atoms with Gasteiger partial charge in [0.05, 0.1) is 22.3 Å². The molecule has 1 N–H and O–H groups in total. The molecule has 0 saturated heterocycles. The van der Waals surface area contributed by atoms with E-state index < -0.39 is 0 Å². The van der Waals surface area contributed by atoms with E-state index >= 15 is 0 Å². The molecule has 3 heterocycles. The van der Waals surface area contributed by atoms with Gasteiger partial charge in [-0.05, 0) is 55.7 Å². The van der Waals surface area contributed by atoms with Crippen LogP contribution in [0.3, 0.4) is 0 Å². The van der Waals surface area contributed by atoms with E-state index in [0.717, 1.165) is 32.6 Å². The average Bonchev–Trinajstić information content (AvgIpc) is 3.15. The Balaban J connectivity index is 1.57. The van der Waals surface area contributed by atoms with Gasteiger partial charge >= 0.3 is 0 Å². The first-order valence-corrected chi connectivity index (χ1v) is 11.9. The molecule has 0 aliphatic carbocycles. The van der Waals surface area contributed by atoms with E-state index in [1.807, 2.05) is 68.4 Å². The predicted octanol–water partition coefficient (Wildman–Crippen LogP) is 5.30. The number of H-pyrrole nitrogens is 1. The minimum atomic E-state index is -0.207. The van der Waals surface area contributed by atoms with E-state index in [-0.39, 0.29) is 18.0 Å². The Hall–Kier alpha value is -3.84. The van der Waals surface area contributed by atoms with Crippen molar-refractivity contribution >= 4 is 38.4 Å². The van der Waals surface area contributed by atoms with E-state index in [1.165, 1.54) is 11.3 Å². The normalized spacial score (nSPS) is 11.3. The maximum Gasteiger partial charge on any atom is 0.265 e. The van der Waals surface area contributed by atoms with Crippen LogP contribution in [-0.4, -0.2) is 25.8 Å². The van der Waals surface area contributed by atoms with Crippen LogP contribution in [0, 0.1) is 20.8 Å². The summed E-state index contributed by atoms with van der Waals surface area (Å²) in [6, 6.07) is 19.1. The zero-order chi connectivity index (χ0) is 23.8. The molecule has 0 radical (unpaired) electrons. The van der Waals surface area contributed by atoms with Crippen LogP contribution >= 0.6 is 11.3 Å². The van der Waals surface area contributed by atoms with Crippen molar-refractivity contribution in [2.75, 3.05) is 0 Å². The van der Waals surface area contributed by atoms with Gasteiger partial charge in [-0.15, -0.1) is 11.3 Å². The van der Waals surface area contributed by atoms with Gasteiger partial charge in [0.1, 0.15) is 10.7 Å². The molecule has 5 rings (SSSR count). The molecule has 0 saturated carbocycles. The van der Waals surface area contributed by atoms with Crippen LogP contribution in [-0.2, 0) is 13.1 Å². The molecule has 0 aliphatic heterocycles. The summed E-state index contributed by atoms with van der Waals surface area (Å²) < 4.78 is 0. The lowest BCUT2D eigenvalue weighted by atomic mass is 10.1. The van der Waals surface area contributed by atoms with E-state index in [9.17, 15) is 9.59 Å². The third-order valence-corrected chi connectivity index (χ3v) is 7.10. The van der Waals surface area contributed by atoms with E-state index in [2.05, 4.69) is 21.9 Å². The number of para-hydroxylation sites is 1. The highest BCUT2D eigenvalue weighted by molar-refractivity contribution is 7.20. The minimum absolute atomic E-state index is 0.0998. The number of hydrogen-bond donors (Lipinski definition) is 1. The highest BCUT2D eigenvalue weighted by Gasteiger charge is 2.24. The number of fused-ring (bicyclic) bond motifs is 2. The van der Waals surface area contributed by atoms with Crippen LogP contribution in [0.2, 0.25) is 0 Å². The molecule has 6 nitrogen and oxygen atoms in total. The first-order chi connectivity index (χ1) is 16.4. The maximum absolute atomic E-state index is 13.9. The van der Waals surface area contributed by atoms with Gasteiger partial charge in [0.15, 0.2) is 0 Å². The zero-order valence-corrected chi connectivity index (χ0v) is 20.1. The van der Waals surface area contributed by atoms with Crippen molar-refractivity contribution in [3.63, 3.8) is 0 Å². The molecule has 170 valence electrons. The highest BCUT2D eigenvalue weighted by atomic mass is 32.1. The minimum Gasteiger partial charge on any atom is -0.326 e. The number of nitrogens with one attached hydrogen (secondary N) is 1. The lowest BCUT2D eigenvalue weighted by molar-refractivity contribution is 0.0730. The molecule has 2 aromatic carbocycles. The number of pyridine rings is 1. The topological polar surface area (TPSA) is 79.0 Å². The molecule has 1 amide bonds. The van der Waals surface area contributed by atoms with Gasteiger partial charge in [-0.25, -0.2) is 9.97 Å². The summed E-state index contributed by atoms with van der Waals surface area (Å²) in [5.74, 6) is 0.356. The van der Waals surface area contributed by atoms with Crippen molar-refractivity contribution in [3.05, 3.63) is 104 Å². The molecule has 7 heteroatoms. The molecule has 0 atom stereocenters. The Labute approximate surface area is 200 Å². The molecule has 34 heavy (non-hydrogen) atoms. The SMILES string of the molecule is Cc1cc(C)c2c(C)c(C(=O)N(Cc3ccccc3)Cc3nc4ccccc4c(=O)[nH]3)sc2n1. The third-order valence-electron chi connectivity index (χ3n) is 5.93. The smallest absolute Gasteiger partial charge is 0.265 e. The number of hydrogen-bond acceptors (Lipinski definition) is 5. The van der Waals surface area contributed by atoms with Crippen LogP contribution in [0.25, 0.3) is 21.1 Å². The molecule has 0 unspecified atom stereocenters. The van der Waals surface area contributed by atoms with Gasteiger partial charge < -0.3 is 9.88 Å². The highest BCUT2D eigenvalue weighted by Crippen LogP contribution is 2.33. The van der Waals surface area contributed by atoms with E-state index in [4.69, 9.17) is 0 Å². The van der Waals surface area contributed by atoms with Crippen molar-refractivity contribution < 1.29 is 4.79 Å². The number of carbonyl (C=O) groups excluding carboxylic acids is 1. The second-order valence-corrected chi connectivity index (χ2v) is 9.49. The van der Waals surface area contributed by atoms with E-state index in [1.54, 1.807) is 11.0 Å². The summed E-state index contributed by atoms with van der Waals surface area (Å²) >= 11 is 1.42. The summed E-state index contributed by atoms with van der Waals surface area (Å²) in [6.45, 7) is 6.58. The first-order valence-electron chi connectivity index (χ1n) is 11.1. The molecule has 0 fully saturated rings. The Kier molecular flexibility index (Phi) is 5.71. The number of aryl methyl sites for hydroxylation is 3. The second kappa shape index (κ2) is 8.83. The quantitative estimate of drug-likeness (QED) is 0.380. The number of aromatic amines is 1. The molecular formula is C27H24N4O2S.